The van der Waals surface area contributed by atoms with Gasteiger partial charge in [-0.1, -0.05) is 23.7 Å². The largest absolute Gasteiger partial charge is 0.459 e. The third-order valence-corrected chi connectivity index (χ3v) is 7.46. The number of aromatic nitrogens is 1. The van der Waals surface area contributed by atoms with Crippen molar-refractivity contribution in [3.05, 3.63) is 40.0 Å². The van der Waals surface area contributed by atoms with Gasteiger partial charge in [-0.15, -0.1) is 11.8 Å². The van der Waals surface area contributed by atoms with E-state index in [0.717, 1.165) is 28.5 Å². The third kappa shape index (κ3) is 3.09. The maximum atomic E-state index is 12.6. The van der Waals surface area contributed by atoms with Crippen LogP contribution in [0.25, 0.3) is 10.9 Å². The first-order chi connectivity index (χ1) is 12.8. The van der Waals surface area contributed by atoms with Crippen molar-refractivity contribution in [1.82, 2.24) is 9.88 Å². The Bertz CT molecular complexity index is 964. The van der Waals surface area contributed by atoms with Gasteiger partial charge in [0.05, 0.1) is 10.4 Å². The molecule has 0 bridgehead atoms. The fourth-order valence-electron chi connectivity index (χ4n) is 3.85. The van der Waals surface area contributed by atoms with Crippen LogP contribution in [0.4, 0.5) is 0 Å². The minimum Gasteiger partial charge on any atom is -0.459 e. The standard InChI is InChI=1S/C20H21ClN2O3S/c1-11-4-5-13-8-14(18(21)22-17(13)12(11)2)9-26-19(25)15-10-27-20(3)7-6-16(24)23(15)20/h4-5,8,15H,6-7,9-10H2,1-3H3/t15-,20-/m0/s1. The van der Waals surface area contributed by atoms with E-state index < -0.39 is 6.04 Å². The normalized spacial score (nSPS) is 24.5. The zero-order chi connectivity index (χ0) is 19.3. The average Bonchev–Trinajstić information content (AvgIpc) is 3.13. The van der Waals surface area contributed by atoms with Crippen molar-refractivity contribution in [1.29, 1.82) is 0 Å². The number of carbonyl (C=O) groups excluding carboxylic acids is 2. The molecule has 5 nitrogen and oxygen atoms in total. The fourth-order valence-corrected chi connectivity index (χ4v) is 5.46. The Hall–Kier alpha value is -1.79. The molecule has 7 heteroatoms. The number of hydrogen-bond acceptors (Lipinski definition) is 5. The number of esters is 1. The first-order valence-corrected chi connectivity index (χ1v) is 10.3. The van der Waals surface area contributed by atoms with E-state index in [0.29, 0.717) is 22.9 Å². The van der Waals surface area contributed by atoms with E-state index in [1.807, 2.05) is 39.0 Å². The average molecular weight is 405 g/mol. The second kappa shape index (κ2) is 6.67. The number of thioether (sulfide) groups is 1. The molecular formula is C20H21ClN2O3S. The Balaban J connectivity index is 1.52. The summed E-state index contributed by atoms with van der Waals surface area (Å²) in [6, 6.07) is 5.43. The van der Waals surface area contributed by atoms with Crippen molar-refractivity contribution in [3.8, 4) is 0 Å². The summed E-state index contributed by atoms with van der Waals surface area (Å²) in [6.07, 6.45) is 1.27. The van der Waals surface area contributed by atoms with E-state index >= 15 is 0 Å². The monoisotopic (exact) mass is 404 g/mol. The summed E-state index contributed by atoms with van der Waals surface area (Å²) < 4.78 is 5.53. The number of amides is 1. The molecule has 142 valence electrons. The van der Waals surface area contributed by atoms with Crippen LogP contribution in [0.1, 0.15) is 36.5 Å². The Morgan fingerprint density at radius 2 is 2.22 bits per heavy atom. The molecule has 1 amide bonds. The van der Waals surface area contributed by atoms with Crippen LogP contribution in [-0.2, 0) is 20.9 Å². The Labute approximate surface area is 167 Å². The number of halogens is 1. The van der Waals surface area contributed by atoms with E-state index in [1.165, 1.54) is 0 Å². The minimum atomic E-state index is -0.521. The maximum Gasteiger partial charge on any atom is 0.330 e. The predicted octanol–water partition coefficient (Wildman–Crippen LogP) is 4.00. The third-order valence-electron chi connectivity index (χ3n) is 5.62. The van der Waals surface area contributed by atoms with E-state index in [4.69, 9.17) is 16.3 Å². The van der Waals surface area contributed by atoms with Crippen molar-refractivity contribution in [2.75, 3.05) is 5.75 Å². The van der Waals surface area contributed by atoms with Gasteiger partial charge in [0, 0.05) is 23.1 Å². The Morgan fingerprint density at radius 1 is 1.44 bits per heavy atom. The van der Waals surface area contributed by atoms with Crippen LogP contribution in [0.3, 0.4) is 0 Å². The molecule has 1 aromatic heterocycles. The lowest BCUT2D eigenvalue weighted by Crippen LogP contribution is -2.46. The number of fused-ring (bicyclic) bond motifs is 2. The number of carbonyl (C=O) groups is 2. The molecule has 2 aliphatic rings. The second-order valence-corrected chi connectivity index (χ2v) is 9.25. The van der Waals surface area contributed by atoms with Gasteiger partial charge in [-0.05, 0) is 44.4 Å². The molecule has 0 aliphatic carbocycles. The van der Waals surface area contributed by atoms with Gasteiger partial charge in [-0.2, -0.15) is 0 Å². The zero-order valence-electron chi connectivity index (χ0n) is 15.5. The second-order valence-electron chi connectivity index (χ2n) is 7.39. The van der Waals surface area contributed by atoms with Crippen molar-refractivity contribution >= 4 is 46.1 Å². The van der Waals surface area contributed by atoms with Gasteiger partial charge in [0.1, 0.15) is 17.8 Å². The molecule has 27 heavy (non-hydrogen) atoms. The van der Waals surface area contributed by atoms with Crippen LogP contribution in [0, 0.1) is 13.8 Å². The maximum absolute atomic E-state index is 12.6. The van der Waals surface area contributed by atoms with Crippen molar-refractivity contribution < 1.29 is 14.3 Å². The predicted molar refractivity (Wildman–Crippen MR) is 107 cm³/mol. The van der Waals surface area contributed by atoms with Crippen LogP contribution in [0.15, 0.2) is 18.2 Å². The minimum absolute atomic E-state index is 0.0284. The van der Waals surface area contributed by atoms with Gasteiger partial charge in [-0.25, -0.2) is 9.78 Å². The summed E-state index contributed by atoms with van der Waals surface area (Å²) in [5, 5.41) is 1.30. The molecule has 2 fully saturated rings. The number of pyridine rings is 1. The molecule has 2 saturated heterocycles. The molecule has 2 aliphatic heterocycles. The van der Waals surface area contributed by atoms with Gasteiger partial charge >= 0.3 is 5.97 Å². The highest BCUT2D eigenvalue weighted by molar-refractivity contribution is 8.01. The summed E-state index contributed by atoms with van der Waals surface area (Å²) >= 11 is 7.98. The summed E-state index contributed by atoms with van der Waals surface area (Å²) in [5.74, 6) is 0.224. The lowest BCUT2D eigenvalue weighted by atomic mass is 10.0. The van der Waals surface area contributed by atoms with Crippen LogP contribution >= 0.6 is 23.4 Å². The van der Waals surface area contributed by atoms with Crippen molar-refractivity contribution in [2.45, 2.75) is 51.1 Å². The van der Waals surface area contributed by atoms with Gasteiger partial charge in [-0.3, -0.25) is 4.79 Å². The van der Waals surface area contributed by atoms with Gasteiger partial charge in [0.25, 0.3) is 0 Å². The molecule has 2 aromatic rings. The zero-order valence-corrected chi connectivity index (χ0v) is 17.1. The smallest absolute Gasteiger partial charge is 0.330 e. The first-order valence-electron chi connectivity index (χ1n) is 8.98. The highest BCUT2D eigenvalue weighted by Gasteiger charge is 2.53. The van der Waals surface area contributed by atoms with Crippen LogP contribution in [0.5, 0.6) is 0 Å². The molecule has 0 N–H and O–H groups in total. The quantitative estimate of drug-likeness (QED) is 0.571. The molecule has 2 atom stereocenters. The summed E-state index contributed by atoms with van der Waals surface area (Å²) in [4.78, 5) is 30.7. The number of hydrogen-bond donors (Lipinski definition) is 0. The number of nitrogens with zero attached hydrogens (tertiary/aromatic N) is 2. The molecule has 0 spiro atoms. The molecule has 4 rings (SSSR count). The molecule has 3 heterocycles. The molecule has 0 saturated carbocycles. The van der Waals surface area contributed by atoms with Crippen LogP contribution in [-0.4, -0.2) is 38.4 Å². The Kier molecular flexibility index (Phi) is 4.59. The number of benzene rings is 1. The van der Waals surface area contributed by atoms with E-state index in [1.54, 1.807) is 16.7 Å². The number of aryl methyl sites for hydroxylation is 2. The summed E-state index contributed by atoms with van der Waals surface area (Å²) in [5.41, 5.74) is 3.78. The summed E-state index contributed by atoms with van der Waals surface area (Å²) in [7, 11) is 0. The molecular weight excluding hydrogens is 384 g/mol. The molecule has 0 radical (unpaired) electrons. The van der Waals surface area contributed by atoms with Crippen molar-refractivity contribution in [2.24, 2.45) is 0 Å². The van der Waals surface area contributed by atoms with E-state index in [9.17, 15) is 9.59 Å². The molecule has 0 unspecified atom stereocenters. The van der Waals surface area contributed by atoms with Crippen LogP contribution < -0.4 is 0 Å². The summed E-state index contributed by atoms with van der Waals surface area (Å²) in [6.45, 7) is 6.12. The highest BCUT2D eigenvalue weighted by Crippen LogP contribution is 2.47. The van der Waals surface area contributed by atoms with Crippen molar-refractivity contribution in [3.63, 3.8) is 0 Å². The first kappa shape index (κ1) is 18.6. The van der Waals surface area contributed by atoms with E-state index in [2.05, 4.69) is 4.98 Å². The van der Waals surface area contributed by atoms with E-state index in [-0.39, 0.29) is 23.4 Å². The van der Waals surface area contributed by atoms with Crippen LogP contribution in [0.2, 0.25) is 5.15 Å². The highest BCUT2D eigenvalue weighted by atomic mass is 35.5. The van der Waals surface area contributed by atoms with Gasteiger partial charge in [0.2, 0.25) is 5.91 Å². The lowest BCUT2D eigenvalue weighted by Gasteiger charge is -2.29. The molecule has 1 aromatic carbocycles. The fraction of sp³-hybridized carbons (Fsp3) is 0.450. The van der Waals surface area contributed by atoms with Gasteiger partial charge in [0.15, 0.2) is 0 Å². The topological polar surface area (TPSA) is 59.5 Å². The number of rotatable bonds is 3. The van der Waals surface area contributed by atoms with Gasteiger partial charge < -0.3 is 9.64 Å². The number of ether oxygens (including phenoxy) is 1. The Morgan fingerprint density at radius 3 is 3.00 bits per heavy atom. The lowest BCUT2D eigenvalue weighted by molar-refractivity contribution is -0.154. The SMILES string of the molecule is Cc1ccc2cc(COC(=O)[C@@H]3CS[C@@]4(C)CCC(=O)N34)c(Cl)nc2c1C.